The van der Waals surface area contributed by atoms with Crippen LogP contribution < -0.4 is 11.1 Å². The summed E-state index contributed by atoms with van der Waals surface area (Å²) in [5.41, 5.74) is 2.94. The topological polar surface area (TPSA) is 54.6 Å². The molecule has 0 unspecified atom stereocenters. The van der Waals surface area contributed by atoms with Crippen molar-refractivity contribution in [3.63, 3.8) is 0 Å². The summed E-state index contributed by atoms with van der Waals surface area (Å²) in [5.74, 6) is 0.549. The van der Waals surface area contributed by atoms with Crippen LogP contribution in [0.5, 0.6) is 0 Å². The predicted octanol–water partition coefficient (Wildman–Crippen LogP) is 4.45. The van der Waals surface area contributed by atoms with Gasteiger partial charge in [0, 0.05) is 18.1 Å². The molecule has 0 spiro atoms. The number of fused-ring (bicyclic) bond motifs is 1. The van der Waals surface area contributed by atoms with Crippen LogP contribution in [0.1, 0.15) is 37.2 Å². The quantitative estimate of drug-likeness (QED) is 0.814. The Balaban J connectivity index is 1.93. The molecule has 0 bridgehead atoms. The normalized spacial score (nSPS) is 18.0. The second kappa shape index (κ2) is 6.06. The molecule has 1 aliphatic rings. The number of alkyl halides is 3. The number of nitrogens with zero attached hydrogens (tertiary/aromatic N) is 1. The summed E-state index contributed by atoms with van der Waals surface area (Å²) < 4.78 is 43.6. The van der Waals surface area contributed by atoms with E-state index >= 15 is 0 Å². The second-order valence-corrected chi connectivity index (χ2v) is 6.86. The molecule has 1 aromatic carbocycles. The molecule has 2 aromatic rings. The summed E-state index contributed by atoms with van der Waals surface area (Å²) >= 11 is 0. The van der Waals surface area contributed by atoms with Gasteiger partial charge in [-0.05, 0) is 36.1 Å². The molecule has 1 aromatic heterocycles. The monoisotopic (exact) mass is 350 g/mol. The summed E-state index contributed by atoms with van der Waals surface area (Å²) in [6.07, 6.45) is -3.20. The molecule has 1 heterocycles. The van der Waals surface area contributed by atoms with Gasteiger partial charge in [0.15, 0.2) is 0 Å². The van der Waals surface area contributed by atoms with E-state index < -0.39 is 17.4 Å². The maximum Gasteiger partial charge on any atom is 0.416 e. The Bertz CT molecular complexity index is 882. The molecule has 7 heteroatoms. The first-order chi connectivity index (χ1) is 11.6. The molecule has 25 heavy (non-hydrogen) atoms. The molecule has 1 N–H and O–H groups in total. The van der Waals surface area contributed by atoms with E-state index in [1.54, 1.807) is 6.07 Å². The Kier molecular flexibility index (Phi) is 4.18. The van der Waals surface area contributed by atoms with Gasteiger partial charge in [0.1, 0.15) is 5.76 Å². The third-order valence-corrected chi connectivity index (χ3v) is 4.02. The number of nitrogens with one attached hydrogen (secondary N) is 1. The lowest BCUT2D eigenvalue weighted by molar-refractivity contribution is -0.137. The highest BCUT2D eigenvalue weighted by Crippen LogP contribution is 2.35. The SMILES string of the molecule is CC1(C)C/C(=N\Nc2cccc(C(F)(F)F)c2)c2ccc(=O)oc2C1. The molecule has 0 amide bonds. The van der Waals surface area contributed by atoms with E-state index in [9.17, 15) is 18.0 Å². The number of hydrogen-bond acceptors (Lipinski definition) is 4. The Morgan fingerprint density at radius 3 is 2.64 bits per heavy atom. The van der Waals surface area contributed by atoms with Crippen LogP contribution in [0.15, 0.2) is 50.7 Å². The zero-order valence-electron chi connectivity index (χ0n) is 13.8. The maximum absolute atomic E-state index is 12.8. The van der Waals surface area contributed by atoms with Crippen molar-refractivity contribution in [1.82, 2.24) is 0 Å². The highest BCUT2D eigenvalue weighted by molar-refractivity contribution is 6.03. The van der Waals surface area contributed by atoms with E-state index in [1.807, 2.05) is 13.8 Å². The minimum Gasteiger partial charge on any atom is -0.427 e. The fourth-order valence-corrected chi connectivity index (χ4v) is 2.89. The second-order valence-electron chi connectivity index (χ2n) is 6.86. The molecule has 0 atom stereocenters. The first-order valence-electron chi connectivity index (χ1n) is 7.77. The third kappa shape index (κ3) is 3.92. The minimum atomic E-state index is -4.41. The zero-order chi connectivity index (χ0) is 18.2. The van der Waals surface area contributed by atoms with Gasteiger partial charge < -0.3 is 4.42 Å². The van der Waals surface area contributed by atoms with Crippen LogP contribution in [0.4, 0.5) is 18.9 Å². The number of anilines is 1. The average Bonchev–Trinajstić information content (AvgIpc) is 2.50. The Hall–Kier alpha value is -2.57. The molecule has 132 valence electrons. The third-order valence-electron chi connectivity index (χ3n) is 4.02. The van der Waals surface area contributed by atoms with E-state index in [0.717, 1.165) is 12.1 Å². The van der Waals surface area contributed by atoms with E-state index in [2.05, 4.69) is 10.5 Å². The standard InChI is InChI=1S/C18H17F3N2O2/c1-17(2)9-14(13-6-7-16(24)25-15(13)10-17)23-22-12-5-3-4-11(8-12)18(19,20)21/h3-8,22H,9-10H2,1-2H3/b23-14+. The van der Waals surface area contributed by atoms with Crippen LogP contribution in [-0.2, 0) is 12.6 Å². The van der Waals surface area contributed by atoms with Crippen LogP contribution in [-0.4, -0.2) is 5.71 Å². The van der Waals surface area contributed by atoms with Gasteiger partial charge in [-0.1, -0.05) is 19.9 Å². The minimum absolute atomic E-state index is 0.168. The van der Waals surface area contributed by atoms with Crippen LogP contribution >= 0.6 is 0 Å². The van der Waals surface area contributed by atoms with Gasteiger partial charge in [-0.2, -0.15) is 18.3 Å². The van der Waals surface area contributed by atoms with E-state index in [1.165, 1.54) is 18.2 Å². The fourth-order valence-electron chi connectivity index (χ4n) is 2.89. The van der Waals surface area contributed by atoms with Crippen molar-refractivity contribution in [2.75, 3.05) is 5.43 Å². The van der Waals surface area contributed by atoms with Gasteiger partial charge in [0.25, 0.3) is 0 Å². The first kappa shape index (κ1) is 17.3. The molecule has 1 aliphatic carbocycles. The number of rotatable bonds is 2. The summed E-state index contributed by atoms with van der Waals surface area (Å²) in [7, 11) is 0. The summed E-state index contributed by atoms with van der Waals surface area (Å²) in [6, 6.07) is 7.80. The molecule has 0 aliphatic heterocycles. The van der Waals surface area contributed by atoms with Crippen LogP contribution in [0, 0.1) is 5.41 Å². The predicted molar refractivity (Wildman–Crippen MR) is 88.7 cm³/mol. The molecule has 0 saturated heterocycles. The molecule has 3 rings (SSSR count). The van der Waals surface area contributed by atoms with Crippen molar-refractivity contribution in [3.05, 3.63) is 63.7 Å². The van der Waals surface area contributed by atoms with Crippen molar-refractivity contribution in [1.29, 1.82) is 0 Å². The first-order valence-corrected chi connectivity index (χ1v) is 7.77. The zero-order valence-corrected chi connectivity index (χ0v) is 13.8. The lowest BCUT2D eigenvalue weighted by Gasteiger charge is -2.30. The van der Waals surface area contributed by atoms with Gasteiger partial charge in [0.05, 0.1) is 17.0 Å². The highest BCUT2D eigenvalue weighted by atomic mass is 19.4. The number of benzene rings is 1. The van der Waals surface area contributed by atoms with Crippen molar-refractivity contribution in [2.24, 2.45) is 10.5 Å². The van der Waals surface area contributed by atoms with Crippen molar-refractivity contribution >= 4 is 11.4 Å². The van der Waals surface area contributed by atoms with Crippen LogP contribution in [0.25, 0.3) is 0 Å². The average molecular weight is 350 g/mol. The molecule has 0 fully saturated rings. The molecule has 4 nitrogen and oxygen atoms in total. The Labute approximate surface area is 142 Å². The lowest BCUT2D eigenvalue weighted by atomic mass is 9.76. The summed E-state index contributed by atoms with van der Waals surface area (Å²) in [4.78, 5) is 11.4. The van der Waals surface area contributed by atoms with E-state index in [4.69, 9.17) is 4.42 Å². The number of hydrogen-bond donors (Lipinski definition) is 1. The van der Waals surface area contributed by atoms with Crippen LogP contribution in [0.3, 0.4) is 0 Å². The highest BCUT2D eigenvalue weighted by Gasteiger charge is 2.32. The van der Waals surface area contributed by atoms with Crippen molar-refractivity contribution in [2.45, 2.75) is 32.9 Å². The van der Waals surface area contributed by atoms with Gasteiger partial charge >= 0.3 is 11.8 Å². The summed E-state index contributed by atoms with van der Waals surface area (Å²) in [6.45, 7) is 4.03. The Morgan fingerprint density at radius 2 is 1.92 bits per heavy atom. The molecule has 0 saturated carbocycles. The molecule has 0 radical (unpaired) electrons. The number of hydrazone groups is 1. The van der Waals surface area contributed by atoms with Gasteiger partial charge in [-0.3, -0.25) is 5.43 Å². The molecular formula is C18H17F3N2O2. The smallest absolute Gasteiger partial charge is 0.416 e. The fraction of sp³-hybridized carbons (Fsp3) is 0.333. The van der Waals surface area contributed by atoms with E-state index in [-0.39, 0.29) is 11.1 Å². The van der Waals surface area contributed by atoms with Crippen LogP contribution in [0.2, 0.25) is 0 Å². The van der Waals surface area contributed by atoms with Gasteiger partial charge in [0.2, 0.25) is 0 Å². The van der Waals surface area contributed by atoms with Gasteiger partial charge in [-0.15, -0.1) is 0 Å². The Morgan fingerprint density at radius 1 is 1.16 bits per heavy atom. The largest absolute Gasteiger partial charge is 0.427 e. The van der Waals surface area contributed by atoms with E-state index in [0.29, 0.717) is 29.9 Å². The van der Waals surface area contributed by atoms with Gasteiger partial charge in [-0.25, -0.2) is 4.79 Å². The maximum atomic E-state index is 12.8. The lowest BCUT2D eigenvalue weighted by Crippen LogP contribution is -2.29. The summed E-state index contributed by atoms with van der Waals surface area (Å²) in [5, 5.41) is 4.28. The van der Waals surface area contributed by atoms with Crippen molar-refractivity contribution < 1.29 is 17.6 Å². The molecular weight excluding hydrogens is 333 g/mol. The van der Waals surface area contributed by atoms with Crippen molar-refractivity contribution in [3.8, 4) is 0 Å². The number of halogens is 3.